The number of anilines is 1. The van der Waals surface area contributed by atoms with E-state index in [0.717, 1.165) is 36.6 Å². The lowest BCUT2D eigenvalue weighted by molar-refractivity contribution is 0.0529. The summed E-state index contributed by atoms with van der Waals surface area (Å²) in [5, 5.41) is 7.12. The summed E-state index contributed by atoms with van der Waals surface area (Å²) >= 11 is 6.26. The maximum atomic E-state index is 13.4. The fraction of sp³-hybridized carbons (Fsp3) is 0.478. The summed E-state index contributed by atoms with van der Waals surface area (Å²) in [4.78, 5) is 11.1. The molecule has 1 unspecified atom stereocenters. The maximum Gasteiger partial charge on any atom is 0.191 e. The molecule has 2 heterocycles. The number of hydrogen-bond acceptors (Lipinski definition) is 4. The smallest absolute Gasteiger partial charge is 0.191 e. The SMILES string of the molecule is CN=C(NCc1ccnc(N2CCOC(C)C2)c1)NCC(C)(C)c1ccc(F)cc1Cl.I. The van der Waals surface area contributed by atoms with Crippen molar-refractivity contribution in [3.05, 3.63) is 58.5 Å². The van der Waals surface area contributed by atoms with Crippen LogP contribution >= 0.6 is 35.6 Å². The molecule has 0 radical (unpaired) electrons. The topological polar surface area (TPSA) is 61.8 Å². The van der Waals surface area contributed by atoms with Gasteiger partial charge >= 0.3 is 0 Å². The van der Waals surface area contributed by atoms with Crippen molar-refractivity contribution >= 4 is 47.4 Å². The molecule has 176 valence electrons. The number of nitrogens with zero attached hydrogens (tertiary/aromatic N) is 3. The van der Waals surface area contributed by atoms with Crippen molar-refractivity contribution in [3.63, 3.8) is 0 Å². The highest BCUT2D eigenvalue weighted by Gasteiger charge is 2.24. The van der Waals surface area contributed by atoms with Crippen molar-refractivity contribution in [1.82, 2.24) is 15.6 Å². The molecule has 0 bridgehead atoms. The number of hydrogen-bond donors (Lipinski definition) is 2. The first kappa shape index (κ1) is 26.6. The molecule has 0 amide bonds. The van der Waals surface area contributed by atoms with Gasteiger partial charge in [0.05, 0.1) is 12.7 Å². The fourth-order valence-corrected chi connectivity index (χ4v) is 4.04. The lowest BCUT2D eigenvalue weighted by Crippen LogP contribution is -2.43. The molecule has 6 nitrogen and oxygen atoms in total. The molecule has 3 rings (SSSR count). The third kappa shape index (κ3) is 7.18. The monoisotopic (exact) mass is 575 g/mol. The molecule has 0 saturated carbocycles. The molecule has 1 aromatic carbocycles. The molecule has 0 aliphatic carbocycles. The van der Waals surface area contributed by atoms with Crippen LogP contribution in [0.15, 0.2) is 41.5 Å². The van der Waals surface area contributed by atoms with E-state index in [1.165, 1.54) is 12.1 Å². The van der Waals surface area contributed by atoms with Crippen LogP contribution in [0.5, 0.6) is 0 Å². The lowest BCUT2D eigenvalue weighted by Gasteiger charge is -2.32. The molecular weight excluding hydrogens is 544 g/mol. The second kappa shape index (κ2) is 12.0. The van der Waals surface area contributed by atoms with Gasteiger partial charge in [-0.25, -0.2) is 9.37 Å². The minimum atomic E-state index is -0.335. The predicted molar refractivity (Wildman–Crippen MR) is 140 cm³/mol. The van der Waals surface area contributed by atoms with E-state index in [0.29, 0.717) is 24.1 Å². The third-order valence-electron chi connectivity index (χ3n) is 5.42. The predicted octanol–water partition coefficient (Wildman–Crippen LogP) is 4.36. The highest BCUT2D eigenvalue weighted by Crippen LogP contribution is 2.29. The van der Waals surface area contributed by atoms with Crippen molar-refractivity contribution in [2.75, 3.05) is 38.2 Å². The first-order valence-corrected chi connectivity index (χ1v) is 10.9. The van der Waals surface area contributed by atoms with Gasteiger partial charge < -0.3 is 20.3 Å². The van der Waals surface area contributed by atoms with Crippen molar-refractivity contribution in [2.45, 2.75) is 38.8 Å². The van der Waals surface area contributed by atoms with E-state index >= 15 is 0 Å². The summed E-state index contributed by atoms with van der Waals surface area (Å²) in [5.41, 5.74) is 1.70. The fourth-order valence-electron chi connectivity index (χ4n) is 3.61. The molecule has 32 heavy (non-hydrogen) atoms. The molecule has 9 heteroatoms. The number of pyridine rings is 1. The van der Waals surface area contributed by atoms with Crippen LogP contribution in [-0.2, 0) is 16.7 Å². The Morgan fingerprint density at radius 3 is 2.78 bits per heavy atom. The average Bonchev–Trinajstić information content (AvgIpc) is 2.74. The van der Waals surface area contributed by atoms with Gasteiger partial charge in [0, 0.05) is 49.9 Å². The Labute approximate surface area is 212 Å². The molecule has 2 N–H and O–H groups in total. The Balaban J connectivity index is 0.00000363. The summed E-state index contributed by atoms with van der Waals surface area (Å²) in [6.07, 6.45) is 2.04. The minimum Gasteiger partial charge on any atom is -0.375 e. The Morgan fingerprint density at radius 2 is 2.09 bits per heavy atom. The minimum absolute atomic E-state index is 0. The van der Waals surface area contributed by atoms with Crippen LogP contribution < -0.4 is 15.5 Å². The summed E-state index contributed by atoms with van der Waals surface area (Å²) in [6.45, 7) is 9.81. The van der Waals surface area contributed by atoms with Crippen LogP contribution in [0.2, 0.25) is 5.02 Å². The van der Waals surface area contributed by atoms with Crippen molar-refractivity contribution in [3.8, 4) is 0 Å². The van der Waals surface area contributed by atoms with Crippen LogP contribution in [0.25, 0.3) is 0 Å². The van der Waals surface area contributed by atoms with E-state index in [9.17, 15) is 4.39 Å². The quantitative estimate of drug-likeness (QED) is 0.305. The number of benzene rings is 1. The number of ether oxygens (including phenoxy) is 1. The summed E-state index contributed by atoms with van der Waals surface area (Å²) < 4.78 is 19.0. The molecule has 1 aromatic heterocycles. The Bertz CT molecular complexity index is 927. The van der Waals surface area contributed by atoms with Crippen LogP contribution in [0, 0.1) is 5.82 Å². The van der Waals surface area contributed by atoms with Gasteiger partial charge in [0.15, 0.2) is 5.96 Å². The molecule has 1 aliphatic heterocycles. The molecule has 1 atom stereocenters. The van der Waals surface area contributed by atoms with E-state index in [1.807, 2.05) is 12.3 Å². The van der Waals surface area contributed by atoms with E-state index < -0.39 is 0 Å². The van der Waals surface area contributed by atoms with Gasteiger partial charge in [-0.3, -0.25) is 4.99 Å². The van der Waals surface area contributed by atoms with Gasteiger partial charge in [-0.2, -0.15) is 0 Å². The van der Waals surface area contributed by atoms with Gasteiger partial charge in [0.1, 0.15) is 11.6 Å². The second-order valence-corrected chi connectivity index (χ2v) is 8.84. The standard InChI is InChI=1S/C23H31ClFN5O.HI/c1-16-14-30(9-10-31-16)21-11-17(7-8-27-21)13-28-22(26-4)29-15-23(2,3)19-6-5-18(25)12-20(19)24;/h5-8,11-12,16H,9-10,13-15H2,1-4H3,(H2,26,28,29);1H. The Morgan fingerprint density at radius 1 is 1.31 bits per heavy atom. The van der Waals surface area contributed by atoms with Crippen molar-refractivity contribution in [2.24, 2.45) is 4.99 Å². The van der Waals surface area contributed by atoms with Crippen LogP contribution in [0.4, 0.5) is 10.2 Å². The van der Waals surface area contributed by atoms with E-state index in [-0.39, 0.29) is 41.3 Å². The van der Waals surface area contributed by atoms with E-state index in [4.69, 9.17) is 16.3 Å². The molecule has 0 spiro atoms. The van der Waals surface area contributed by atoms with Crippen LogP contribution in [-0.4, -0.2) is 50.3 Å². The highest BCUT2D eigenvalue weighted by molar-refractivity contribution is 14.0. The Hall–Kier alpha value is -1.65. The van der Waals surface area contributed by atoms with Gasteiger partial charge in [0.2, 0.25) is 0 Å². The third-order valence-corrected chi connectivity index (χ3v) is 5.73. The zero-order chi connectivity index (χ0) is 22.4. The maximum absolute atomic E-state index is 13.4. The Kier molecular flexibility index (Phi) is 9.97. The first-order chi connectivity index (χ1) is 14.8. The number of aliphatic imine (C=N–C) groups is 1. The molecular formula is C23H32ClFIN5O. The normalized spacial score (nSPS) is 17.0. The lowest BCUT2D eigenvalue weighted by atomic mass is 9.84. The second-order valence-electron chi connectivity index (χ2n) is 8.44. The number of aromatic nitrogens is 1. The summed E-state index contributed by atoms with van der Waals surface area (Å²) in [7, 11) is 1.74. The molecule has 2 aromatic rings. The largest absolute Gasteiger partial charge is 0.375 e. The van der Waals surface area contributed by atoms with E-state index in [1.54, 1.807) is 13.1 Å². The first-order valence-electron chi connectivity index (χ1n) is 10.5. The number of halogens is 3. The number of guanidine groups is 1. The summed E-state index contributed by atoms with van der Waals surface area (Å²) in [5.74, 6) is 1.31. The average molecular weight is 576 g/mol. The zero-order valence-corrected chi connectivity index (χ0v) is 22.1. The van der Waals surface area contributed by atoms with Gasteiger partial charge in [-0.15, -0.1) is 24.0 Å². The van der Waals surface area contributed by atoms with Crippen molar-refractivity contribution < 1.29 is 9.13 Å². The zero-order valence-electron chi connectivity index (χ0n) is 19.0. The van der Waals surface area contributed by atoms with Gasteiger partial charge in [-0.1, -0.05) is 31.5 Å². The van der Waals surface area contributed by atoms with E-state index in [2.05, 4.69) is 52.3 Å². The number of rotatable bonds is 6. The number of nitrogens with one attached hydrogen (secondary N) is 2. The molecule has 1 fully saturated rings. The number of morpholine rings is 1. The molecule has 1 aliphatic rings. The van der Waals surface area contributed by atoms with Crippen LogP contribution in [0.1, 0.15) is 31.9 Å². The highest BCUT2D eigenvalue weighted by atomic mass is 127. The van der Waals surface area contributed by atoms with Crippen LogP contribution in [0.3, 0.4) is 0 Å². The van der Waals surface area contributed by atoms with Gasteiger partial charge in [0.25, 0.3) is 0 Å². The van der Waals surface area contributed by atoms with Crippen molar-refractivity contribution in [1.29, 1.82) is 0 Å². The van der Waals surface area contributed by atoms with Gasteiger partial charge in [-0.05, 0) is 42.3 Å². The summed E-state index contributed by atoms with van der Waals surface area (Å²) in [6, 6.07) is 8.62. The molecule has 1 saturated heterocycles.